The summed E-state index contributed by atoms with van der Waals surface area (Å²) < 4.78 is 5.32. The van der Waals surface area contributed by atoms with Crippen LogP contribution in [-0.2, 0) is 14.4 Å². The van der Waals surface area contributed by atoms with Gasteiger partial charge in [0.15, 0.2) is 5.78 Å². The SMILES string of the molecule is CCC(=O)C(CC1CCNC1=O)NC(=O)C1C2CCCC2CN1C(=O)c1cc2c(OC)nccc2[nH]1. The van der Waals surface area contributed by atoms with E-state index in [1.54, 1.807) is 30.2 Å². The zero-order valence-corrected chi connectivity index (χ0v) is 20.7. The van der Waals surface area contributed by atoms with Gasteiger partial charge in [0.25, 0.3) is 5.91 Å². The standard InChI is InChI=1S/C26H33N5O5/c1-3-21(32)19(11-14-7-9-27-23(14)33)30-24(34)22-16-6-4-5-15(16)13-31(22)26(35)20-12-17-18(29-20)8-10-28-25(17)36-2/h8,10,12,14-16,19,22,29H,3-7,9,11,13H2,1-2H3,(H,27,33)(H,30,34). The third-order valence-corrected chi connectivity index (χ3v) is 8.09. The van der Waals surface area contributed by atoms with E-state index in [1.807, 2.05) is 0 Å². The molecule has 1 aliphatic carbocycles. The lowest BCUT2D eigenvalue weighted by Crippen LogP contribution is -2.53. The lowest BCUT2D eigenvalue weighted by Gasteiger charge is -2.29. The smallest absolute Gasteiger partial charge is 0.271 e. The number of pyridine rings is 1. The Kier molecular flexibility index (Phi) is 6.68. The molecule has 1 saturated carbocycles. The average Bonchev–Trinajstić information content (AvgIpc) is 3.66. The summed E-state index contributed by atoms with van der Waals surface area (Å²) >= 11 is 0. The summed E-state index contributed by atoms with van der Waals surface area (Å²) in [6, 6.07) is 2.10. The number of rotatable bonds is 8. The Morgan fingerprint density at radius 2 is 2.11 bits per heavy atom. The molecule has 3 amide bonds. The molecule has 3 fully saturated rings. The Balaban J connectivity index is 1.39. The first-order valence-corrected chi connectivity index (χ1v) is 12.8. The second kappa shape index (κ2) is 9.91. The fraction of sp³-hybridized carbons (Fsp3) is 0.577. The number of fused-ring (bicyclic) bond motifs is 2. The molecule has 2 aromatic rings. The number of aromatic nitrogens is 2. The molecule has 2 aliphatic heterocycles. The van der Waals surface area contributed by atoms with Crippen molar-refractivity contribution in [1.82, 2.24) is 25.5 Å². The quantitative estimate of drug-likeness (QED) is 0.511. The van der Waals surface area contributed by atoms with Crippen LogP contribution in [0.25, 0.3) is 10.9 Å². The van der Waals surface area contributed by atoms with Crippen LogP contribution in [0.1, 0.15) is 55.9 Å². The molecule has 0 bridgehead atoms. The van der Waals surface area contributed by atoms with Gasteiger partial charge in [0.05, 0.1) is 24.1 Å². The molecule has 5 rings (SSSR count). The van der Waals surface area contributed by atoms with Gasteiger partial charge in [-0.1, -0.05) is 13.3 Å². The van der Waals surface area contributed by atoms with Crippen molar-refractivity contribution in [2.75, 3.05) is 20.2 Å². The number of likely N-dealkylation sites (tertiary alicyclic amines) is 1. The van der Waals surface area contributed by atoms with Gasteiger partial charge in [0.1, 0.15) is 11.7 Å². The Labute approximate surface area is 209 Å². The number of Topliss-reactive ketones (excluding diaryl/α,β-unsaturated/α-hetero) is 1. The zero-order valence-electron chi connectivity index (χ0n) is 20.7. The summed E-state index contributed by atoms with van der Waals surface area (Å²) in [5, 5.41) is 6.45. The number of nitrogens with zero attached hydrogens (tertiary/aromatic N) is 2. The molecular formula is C26H33N5O5. The van der Waals surface area contributed by atoms with E-state index in [9.17, 15) is 19.2 Å². The molecule has 0 aromatic carbocycles. The first-order valence-electron chi connectivity index (χ1n) is 12.8. The number of methoxy groups -OCH3 is 1. The lowest BCUT2D eigenvalue weighted by atomic mass is 9.91. The number of hydrogen-bond donors (Lipinski definition) is 3. The van der Waals surface area contributed by atoms with E-state index in [4.69, 9.17) is 4.74 Å². The van der Waals surface area contributed by atoms with Crippen molar-refractivity contribution in [2.45, 2.75) is 57.5 Å². The number of carbonyl (C=O) groups excluding carboxylic acids is 4. The van der Waals surface area contributed by atoms with E-state index in [0.717, 1.165) is 24.8 Å². The van der Waals surface area contributed by atoms with E-state index in [-0.39, 0.29) is 54.1 Å². The van der Waals surface area contributed by atoms with E-state index < -0.39 is 12.1 Å². The molecule has 5 atom stereocenters. The van der Waals surface area contributed by atoms with Crippen molar-refractivity contribution in [2.24, 2.45) is 17.8 Å². The molecule has 5 unspecified atom stereocenters. The maximum Gasteiger partial charge on any atom is 0.271 e. The van der Waals surface area contributed by atoms with Gasteiger partial charge in [-0.15, -0.1) is 0 Å². The number of aromatic amines is 1. The Hall–Kier alpha value is -3.43. The number of carbonyl (C=O) groups is 4. The molecule has 192 valence electrons. The molecule has 36 heavy (non-hydrogen) atoms. The number of ether oxygens (including phenoxy) is 1. The normalized spacial score (nSPS) is 26.1. The van der Waals surface area contributed by atoms with Crippen LogP contribution in [0.4, 0.5) is 0 Å². The minimum Gasteiger partial charge on any atom is -0.481 e. The number of ketones is 1. The maximum atomic E-state index is 13.7. The average molecular weight is 496 g/mol. The van der Waals surface area contributed by atoms with Crippen molar-refractivity contribution in [3.05, 3.63) is 24.0 Å². The second-order valence-corrected chi connectivity index (χ2v) is 10.1. The van der Waals surface area contributed by atoms with Gasteiger partial charge >= 0.3 is 0 Å². The van der Waals surface area contributed by atoms with Crippen molar-refractivity contribution >= 4 is 34.4 Å². The highest BCUT2D eigenvalue weighted by atomic mass is 16.5. The molecule has 0 spiro atoms. The van der Waals surface area contributed by atoms with Crippen LogP contribution in [0.2, 0.25) is 0 Å². The van der Waals surface area contributed by atoms with Crippen LogP contribution >= 0.6 is 0 Å². The van der Waals surface area contributed by atoms with E-state index in [0.29, 0.717) is 36.5 Å². The number of nitrogens with one attached hydrogen (secondary N) is 3. The van der Waals surface area contributed by atoms with Crippen LogP contribution < -0.4 is 15.4 Å². The molecule has 2 aromatic heterocycles. The minimum atomic E-state index is -0.739. The summed E-state index contributed by atoms with van der Waals surface area (Å²) in [7, 11) is 1.53. The molecule has 3 N–H and O–H groups in total. The molecule has 3 aliphatic rings. The molecule has 0 radical (unpaired) electrons. The third-order valence-electron chi connectivity index (χ3n) is 8.09. The van der Waals surface area contributed by atoms with Crippen LogP contribution in [0, 0.1) is 17.8 Å². The summed E-state index contributed by atoms with van der Waals surface area (Å²) in [6.07, 6.45) is 5.68. The second-order valence-electron chi connectivity index (χ2n) is 10.1. The monoisotopic (exact) mass is 495 g/mol. The largest absolute Gasteiger partial charge is 0.481 e. The van der Waals surface area contributed by atoms with E-state index in [1.165, 1.54) is 7.11 Å². The van der Waals surface area contributed by atoms with Crippen LogP contribution in [0.3, 0.4) is 0 Å². The van der Waals surface area contributed by atoms with Crippen LogP contribution in [0.5, 0.6) is 5.88 Å². The van der Waals surface area contributed by atoms with Gasteiger partial charge in [-0.05, 0) is 49.7 Å². The Bertz CT molecular complexity index is 1190. The fourth-order valence-electron chi connectivity index (χ4n) is 6.24. The molecular weight excluding hydrogens is 462 g/mol. The number of H-pyrrole nitrogens is 1. The first kappa shape index (κ1) is 24.3. The highest BCUT2D eigenvalue weighted by Gasteiger charge is 2.50. The molecule has 10 heteroatoms. The molecule has 10 nitrogen and oxygen atoms in total. The molecule has 4 heterocycles. The summed E-state index contributed by atoms with van der Waals surface area (Å²) in [4.78, 5) is 61.3. The Morgan fingerprint density at radius 1 is 1.28 bits per heavy atom. The van der Waals surface area contributed by atoms with Crippen LogP contribution in [-0.4, -0.2) is 70.7 Å². The van der Waals surface area contributed by atoms with Crippen molar-refractivity contribution in [1.29, 1.82) is 0 Å². The lowest BCUT2D eigenvalue weighted by molar-refractivity contribution is -0.132. The van der Waals surface area contributed by atoms with E-state index >= 15 is 0 Å². The van der Waals surface area contributed by atoms with Crippen molar-refractivity contribution < 1.29 is 23.9 Å². The number of hydrogen-bond acceptors (Lipinski definition) is 6. The maximum absolute atomic E-state index is 13.7. The number of amides is 3. The van der Waals surface area contributed by atoms with Gasteiger partial charge in [-0.3, -0.25) is 19.2 Å². The first-order chi connectivity index (χ1) is 17.4. The predicted octanol–water partition coefficient (Wildman–Crippen LogP) is 1.80. The highest BCUT2D eigenvalue weighted by molar-refractivity contribution is 6.02. The van der Waals surface area contributed by atoms with Gasteiger partial charge in [0, 0.05) is 31.6 Å². The summed E-state index contributed by atoms with van der Waals surface area (Å²) in [6.45, 7) is 2.85. The predicted molar refractivity (Wildman–Crippen MR) is 131 cm³/mol. The van der Waals surface area contributed by atoms with Gasteiger partial charge < -0.3 is 25.3 Å². The Morgan fingerprint density at radius 3 is 2.83 bits per heavy atom. The fourth-order valence-corrected chi connectivity index (χ4v) is 6.24. The van der Waals surface area contributed by atoms with Gasteiger partial charge in [-0.2, -0.15) is 0 Å². The zero-order chi connectivity index (χ0) is 25.4. The van der Waals surface area contributed by atoms with Gasteiger partial charge in [0.2, 0.25) is 17.7 Å². The van der Waals surface area contributed by atoms with Crippen molar-refractivity contribution in [3.63, 3.8) is 0 Å². The molecule has 2 saturated heterocycles. The van der Waals surface area contributed by atoms with Gasteiger partial charge in [-0.25, -0.2) is 4.98 Å². The van der Waals surface area contributed by atoms with Crippen LogP contribution in [0.15, 0.2) is 18.3 Å². The van der Waals surface area contributed by atoms with Crippen molar-refractivity contribution in [3.8, 4) is 5.88 Å². The topological polar surface area (TPSA) is 133 Å². The van der Waals surface area contributed by atoms with E-state index in [2.05, 4.69) is 20.6 Å². The third kappa shape index (κ3) is 4.33. The summed E-state index contributed by atoms with van der Waals surface area (Å²) in [5.74, 6) is -0.288. The highest BCUT2D eigenvalue weighted by Crippen LogP contribution is 2.43. The summed E-state index contributed by atoms with van der Waals surface area (Å²) in [5.41, 5.74) is 1.10. The minimum absolute atomic E-state index is 0.0571.